The Morgan fingerprint density at radius 1 is 1.38 bits per heavy atom. The summed E-state index contributed by atoms with van der Waals surface area (Å²) in [5.41, 5.74) is 1.62. The molecule has 5 nitrogen and oxygen atoms in total. The van der Waals surface area contributed by atoms with Gasteiger partial charge in [0.05, 0.1) is 12.2 Å². The number of nitrogens with zero attached hydrogens (tertiary/aromatic N) is 1. The lowest BCUT2D eigenvalue weighted by atomic mass is 10.2. The van der Waals surface area contributed by atoms with E-state index in [0.29, 0.717) is 29.5 Å². The van der Waals surface area contributed by atoms with Gasteiger partial charge in [-0.3, -0.25) is 4.79 Å². The van der Waals surface area contributed by atoms with Crippen molar-refractivity contribution < 1.29 is 14.3 Å². The van der Waals surface area contributed by atoms with Crippen molar-refractivity contribution in [3.63, 3.8) is 0 Å². The lowest BCUT2D eigenvalue weighted by Crippen LogP contribution is -2.22. The van der Waals surface area contributed by atoms with Crippen LogP contribution in [0, 0.1) is 0 Å². The van der Waals surface area contributed by atoms with Crippen LogP contribution in [0.15, 0.2) is 23.6 Å². The maximum Gasteiger partial charge on any atom is 0.251 e. The van der Waals surface area contributed by atoms with E-state index in [4.69, 9.17) is 9.47 Å². The van der Waals surface area contributed by atoms with E-state index < -0.39 is 0 Å². The molecule has 110 valence electrons. The topological polar surface area (TPSA) is 60.5 Å². The molecule has 0 bridgehead atoms. The molecule has 0 aliphatic carbocycles. The van der Waals surface area contributed by atoms with Gasteiger partial charge in [-0.05, 0) is 24.1 Å². The van der Waals surface area contributed by atoms with E-state index in [2.05, 4.69) is 24.1 Å². The largest absolute Gasteiger partial charge is 0.454 e. The predicted octanol–water partition coefficient (Wildman–Crippen LogP) is 2.93. The number of benzene rings is 1. The van der Waals surface area contributed by atoms with E-state index in [0.717, 1.165) is 10.7 Å². The normalized spacial score (nSPS) is 12.7. The first-order chi connectivity index (χ1) is 10.1. The molecule has 3 rings (SSSR count). The SMILES string of the molecule is CC(C)c1csc(CNC(=O)c2ccc3c(c2)OCO3)n1. The monoisotopic (exact) mass is 304 g/mol. The van der Waals surface area contributed by atoms with Gasteiger partial charge in [0.2, 0.25) is 6.79 Å². The number of amides is 1. The number of thiazole rings is 1. The van der Waals surface area contributed by atoms with Crippen molar-refractivity contribution in [1.82, 2.24) is 10.3 Å². The molecule has 1 aliphatic rings. The van der Waals surface area contributed by atoms with E-state index in [1.807, 2.05) is 5.38 Å². The first-order valence-corrected chi connectivity index (χ1v) is 7.63. The first kappa shape index (κ1) is 13.9. The fourth-order valence-corrected chi connectivity index (χ4v) is 2.86. The number of ether oxygens (including phenoxy) is 2. The number of carbonyl (C=O) groups excluding carboxylic acids is 1. The second kappa shape index (κ2) is 5.73. The van der Waals surface area contributed by atoms with Crippen LogP contribution in [0.3, 0.4) is 0 Å². The van der Waals surface area contributed by atoms with Gasteiger partial charge in [-0.25, -0.2) is 4.98 Å². The Bertz CT molecular complexity index is 667. The molecule has 0 unspecified atom stereocenters. The highest BCUT2D eigenvalue weighted by Gasteiger charge is 2.16. The summed E-state index contributed by atoms with van der Waals surface area (Å²) >= 11 is 1.56. The summed E-state index contributed by atoms with van der Waals surface area (Å²) in [7, 11) is 0. The Kier molecular flexibility index (Phi) is 3.79. The van der Waals surface area contributed by atoms with Crippen molar-refractivity contribution in [2.45, 2.75) is 26.3 Å². The molecule has 0 radical (unpaired) electrons. The van der Waals surface area contributed by atoms with Crippen molar-refractivity contribution in [1.29, 1.82) is 0 Å². The molecule has 1 N–H and O–H groups in total. The van der Waals surface area contributed by atoms with Crippen LogP contribution >= 0.6 is 11.3 Å². The standard InChI is InChI=1S/C15H16N2O3S/c1-9(2)11-7-21-14(17-11)6-16-15(18)10-3-4-12-13(5-10)20-8-19-12/h3-5,7,9H,6,8H2,1-2H3,(H,16,18). The molecule has 1 amide bonds. The van der Waals surface area contributed by atoms with Crippen LogP contribution in [-0.4, -0.2) is 17.7 Å². The number of nitrogens with one attached hydrogen (secondary N) is 1. The quantitative estimate of drug-likeness (QED) is 0.943. The van der Waals surface area contributed by atoms with Gasteiger partial charge in [0, 0.05) is 10.9 Å². The molecular weight excluding hydrogens is 288 g/mol. The minimum atomic E-state index is -0.144. The van der Waals surface area contributed by atoms with Crippen molar-refractivity contribution in [3.8, 4) is 11.5 Å². The van der Waals surface area contributed by atoms with E-state index in [-0.39, 0.29) is 12.7 Å². The Morgan fingerprint density at radius 2 is 2.19 bits per heavy atom. The molecule has 1 aromatic heterocycles. The fraction of sp³-hybridized carbons (Fsp3) is 0.333. The minimum absolute atomic E-state index is 0.144. The molecule has 1 aromatic carbocycles. The molecule has 1 aliphatic heterocycles. The Labute approximate surface area is 126 Å². The molecule has 0 spiro atoms. The highest BCUT2D eigenvalue weighted by atomic mass is 32.1. The molecule has 2 aromatic rings. The van der Waals surface area contributed by atoms with Crippen LogP contribution in [-0.2, 0) is 6.54 Å². The number of aromatic nitrogens is 1. The summed E-state index contributed by atoms with van der Waals surface area (Å²) in [6.07, 6.45) is 0. The van der Waals surface area contributed by atoms with Gasteiger partial charge in [-0.1, -0.05) is 13.8 Å². The highest BCUT2D eigenvalue weighted by molar-refractivity contribution is 7.09. The maximum atomic E-state index is 12.1. The number of fused-ring (bicyclic) bond motifs is 1. The van der Waals surface area contributed by atoms with Crippen LogP contribution in [0.1, 0.15) is 40.8 Å². The van der Waals surface area contributed by atoms with E-state index >= 15 is 0 Å². The molecule has 2 heterocycles. The average Bonchev–Trinajstić information content (AvgIpc) is 3.12. The van der Waals surface area contributed by atoms with Crippen molar-refractivity contribution in [2.75, 3.05) is 6.79 Å². The molecule has 0 saturated heterocycles. The van der Waals surface area contributed by atoms with Crippen LogP contribution in [0.2, 0.25) is 0 Å². The van der Waals surface area contributed by atoms with Gasteiger partial charge in [-0.2, -0.15) is 0 Å². The van der Waals surface area contributed by atoms with Crippen molar-refractivity contribution >= 4 is 17.2 Å². The van der Waals surface area contributed by atoms with Gasteiger partial charge >= 0.3 is 0 Å². The Morgan fingerprint density at radius 3 is 2.95 bits per heavy atom. The zero-order valence-electron chi connectivity index (χ0n) is 11.9. The number of rotatable bonds is 4. The maximum absolute atomic E-state index is 12.1. The molecule has 0 fully saturated rings. The lowest BCUT2D eigenvalue weighted by Gasteiger charge is -2.04. The lowest BCUT2D eigenvalue weighted by molar-refractivity contribution is 0.0950. The zero-order valence-corrected chi connectivity index (χ0v) is 12.7. The fourth-order valence-electron chi connectivity index (χ4n) is 1.97. The summed E-state index contributed by atoms with van der Waals surface area (Å²) in [6.45, 7) is 4.84. The molecule has 6 heteroatoms. The van der Waals surface area contributed by atoms with Gasteiger partial charge in [0.25, 0.3) is 5.91 Å². The van der Waals surface area contributed by atoms with Crippen LogP contribution in [0.5, 0.6) is 11.5 Å². The number of hydrogen-bond acceptors (Lipinski definition) is 5. The average molecular weight is 304 g/mol. The van der Waals surface area contributed by atoms with E-state index in [9.17, 15) is 4.79 Å². The number of hydrogen-bond donors (Lipinski definition) is 1. The van der Waals surface area contributed by atoms with Gasteiger partial charge < -0.3 is 14.8 Å². The zero-order chi connectivity index (χ0) is 14.8. The summed E-state index contributed by atoms with van der Waals surface area (Å²) in [4.78, 5) is 16.6. The highest BCUT2D eigenvalue weighted by Crippen LogP contribution is 2.32. The minimum Gasteiger partial charge on any atom is -0.454 e. The van der Waals surface area contributed by atoms with Crippen LogP contribution < -0.4 is 14.8 Å². The third-order valence-corrected chi connectivity index (χ3v) is 4.06. The predicted molar refractivity (Wildman–Crippen MR) is 79.9 cm³/mol. The third kappa shape index (κ3) is 3.00. The molecule has 0 atom stereocenters. The van der Waals surface area contributed by atoms with Crippen LogP contribution in [0.4, 0.5) is 0 Å². The third-order valence-electron chi connectivity index (χ3n) is 3.20. The molecular formula is C15H16N2O3S. The second-order valence-corrected chi connectivity index (χ2v) is 6.01. The van der Waals surface area contributed by atoms with Gasteiger partial charge in [0.15, 0.2) is 11.5 Å². The Hall–Kier alpha value is -2.08. The summed E-state index contributed by atoms with van der Waals surface area (Å²) in [5, 5.41) is 5.82. The summed E-state index contributed by atoms with van der Waals surface area (Å²) < 4.78 is 10.5. The summed E-state index contributed by atoms with van der Waals surface area (Å²) in [5.74, 6) is 1.54. The molecule has 21 heavy (non-hydrogen) atoms. The van der Waals surface area contributed by atoms with E-state index in [1.54, 1.807) is 29.5 Å². The first-order valence-electron chi connectivity index (χ1n) is 6.75. The van der Waals surface area contributed by atoms with E-state index in [1.165, 1.54) is 0 Å². The molecule has 0 saturated carbocycles. The van der Waals surface area contributed by atoms with Gasteiger partial charge in [-0.15, -0.1) is 11.3 Å². The smallest absolute Gasteiger partial charge is 0.251 e. The van der Waals surface area contributed by atoms with Crippen molar-refractivity contribution in [3.05, 3.63) is 39.8 Å². The Balaban J connectivity index is 1.63. The van der Waals surface area contributed by atoms with Crippen LogP contribution in [0.25, 0.3) is 0 Å². The second-order valence-electron chi connectivity index (χ2n) is 5.07. The summed E-state index contributed by atoms with van der Waals surface area (Å²) in [6, 6.07) is 5.17. The van der Waals surface area contributed by atoms with Crippen molar-refractivity contribution in [2.24, 2.45) is 0 Å². The number of carbonyl (C=O) groups is 1. The van der Waals surface area contributed by atoms with Gasteiger partial charge in [0.1, 0.15) is 5.01 Å².